The number of ether oxygens (including phenoxy) is 1. The van der Waals surface area contributed by atoms with E-state index in [4.69, 9.17) is 9.84 Å². The highest BCUT2D eigenvalue weighted by atomic mass is 16.5. The van der Waals surface area contributed by atoms with Gasteiger partial charge in [0.1, 0.15) is 17.1 Å². The highest BCUT2D eigenvalue weighted by molar-refractivity contribution is 5.90. The van der Waals surface area contributed by atoms with E-state index in [1.165, 1.54) is 0 Å². The number of hydrogen-bond donors (Lipinski definition) is 2. The monoisotopic (exact) mass is 282 g/mol. The van der Waals surface area contributed by atoms with Gasteiger partial charge < -0.3 is 14.8 Å². The van der Waals surface area contributed by atoms with Crippen LogP contribution in [0.3, 0.4) is 0 Å². The zero-order chi connectivity index (χ0) is 14.8. The number of hydrogen-bond acceptors (Lipinski definition) is 3. The van der Waals surface area contributed by atoms with Gasteiger partial charge in [0.2, 0.25) is 0 Å². The van der Waals surface area contributed by atoms with E-state index in [-0.39, 0.29) is 6.42 Å². The van der Waals surface area contributed by atoms with Crippen LogP contribution < -0.4 is 4.74 Å². The molecule has 0 bridgehead atoms. The van der Waals surface area contributed by atoms with E-state index in [1.807, 2.05) is 30.3 Å². The number of nitrogens with zero attached hydrogens (tertiary/aromatic N) is 1. The predicted octanol–water partition coefficient (Wildman–Crippen LogP) is 2.87. The fourth-order valence-corrected chi connectivity index (χ4v) is 2.33. The van der Waals surface area contributed by atoms with Crippen LogP contribution in [0.2, 0.25) is 0 Å². The standard InChI is InChI=1S/C16H14N2O3/c1-21-12-8-7-11(9-13(19)20)14-15(12)18-16(17-14)10-5-3-2-4-6-10/h2-8H,9H2,1H3,(H,17,18)(H,19,20). The summed E-state index contributed by atoms with van der Waals surface area (Å²) >= 11 is 0. The Bertz CT molecular complexity index is 794. The van der Waals surface area contributed by atoms with Crippen LogP contribution in [-0.2, 0) is 11.2 Å². The summed E-state index contributed by atoms with van der Waals surface area (Å²) in [7, 11) is 1.58. The van der Waals surface area contributed by atoms with Crippen LogP contribution in [0.4, 0.5) is 0 Å². The molecule has 21 heavy (non-hydrogen) atoms. The van der Waals surface area contributed by atoms with Crippen molar-refractivity contribution >= 4 is 17.0 Å². The lowest BCUT2D eigenvalue weighted by Gasteiger charge is -2.03. The summed E-state index contributed by atoms with van der Waals surface area (Å²) in [6.07, 6.45) is -0.0699. The van der Waals surface area contributed by atoms with E-state index >= 15 is 0 Å². The van der Waals surface area contributed by atoms with Crippen molar-refractivity contribution in [3.05, 3.63) is 48.0 Å². The zero-order valence-electron chi connectivity index (χ0n) is 11.5. The van der Waals surface area contributed by atoms with E-state index < -0.39 is 5.97 Å². The molecule has 0 aliphatic heterocycles. The van der Waals surface area contributed by atoms with Gasteiger partial charge in [-0.25, -0.2) is 4.98 Å². The Morgan fingerprint density at radius 1 is 1.24 bits per heavy atom. The maximum Gasteiger partial charge on any atom is 0.307 e. The van der Waals surface area contributed by atoms with Crippen LogP contribution in [0, 0.1) is 0 Å². The molecular formula is C16H14N2O3. The first-order chi connectivity index (χ1) is 10.2. The molecule has 106 valence electrons. The van der Waals surface area contributed by atoms with Crippen molar-refractivity contribution in [3.8, 4) is 17.1 Å². The summed E-state index contributed by atoms with van der Waals surface area (Å²) in [5.41, 5.74) is 2.96. The number of imidazole rings is 1. The molecule has 0 saturated carbocycles. The van der Waals surface area contributed by atoms with Crippen molar-refractivity contribution < 1.29 is 14.6 Å². The molecule has 0 unspecified atom stereocenters. The number of methoxy groups -OCH3 is 1. The molecule has 5 heteroatoms. The summed E-state index contributed by atoms with van der Waals surface area (Å²) in [6, 6.07) is 13.2. The van der Waals surface area contributed by atoms with Crippen LogP contribution >= 0.6 is 0 Å². The Kier molecular flexibility index (Phi) is 3.31. The fourth-order valence-electron chi connectivity index (χ4n) is 2.33. The number of carbonyl (C=O) groups is 1. The second-order valence-electron chi connectivity index (χ2n) is 4.67. The topological polar surface area (TPSA) is 75.2 Å². The lowest BCUT2D eigenvalue weighted by molar-refractivity contribution is -0.136. The van der Waals surface area contributed by atoms with Crippen molar-refractivity contribution in [2.24, 2.45) is 0 Å². The van der Waals surface area contributed by atoms with E-state index in [0.717, 1.165) is 11.1 Å². The van der Waals surface area contributed by atoms with Gasteiger partial charge in [-0.3, -0.25) is 4.79 Å². The molecule has 0 atom stereocenters. The number of aromatic amines is 1. The number of aromatic nitrogens is 2. The van der Waals surface area contributed by atoms with Gasteiger partial charge in [-0.2, -0.15) is 0 Å². The van der Waals surface area contributed by atoms with E-state index in [9.17, 15) is 4.79 Å². The molecule has 2 aromatic carbocycles. The van der Waals surface area contributed by atoms with Crippen molar-refractivity contribution in [2.45, 2.75) is 6.42 Å². The normalized spacial score (nSPS) is 10.7. The molecule has 0 saturated heterocycles. The first-order valence-electron chi connectivity index (χ1n) is 6.52. The molecule has 0 radical (unpaired) electrons. The second kappa shape index (κ2) is 5.28. The molecule has 3 aromatic rings. The quantitative estimate of drug-likeness (QED) is 0.771. The molecule has 0 amide bonds. The summed E-state index contributed by atoms with van der Waals surface area (Å²) < 4.78 is 5.32. The van der Waals surface area contributed by atoms with Gasteiger partial charge in [-0.1, -0.05) is 36.4 Å². The van der Waals surface area contributed by atoms with Gasteiger partial charge in [0.05, 0.1) is 19.0 Å². The van der Waals surface area contributed by atoms with Gasteiger partial charge in [-0.15, -0.1) is 0 Å². The van der Waals surface area contributed by atoms with E-state index in [2.05, 4.69) is 9.97 Å². The number of rotatable bonds is 4. The average molecular weight is 282 g/mol. The van der Waals surface area contributed by atoms with Crippen LogP contribution in [-0.4, -0.2) is 28.2 Å². The number of benzene rings is 2. The van der Waals surface area contributed by atoms with Gasteiger partial charge in [-0.05, 0) is 11.6 Å². The smallest absolute Gasteiger partial charge is 0.307 e. The van der Waals surface area contributed by atoms with Gasteiger partial charge in [0.25, 0.3) is 0 Å². The van der Waals surface area contributed by atoms with Crippen LogP contribution in [0.1, 0.15) is 5.56 Å². The highest BCUT2D eigenvalue weighted by Gasteiger charge is 2.14. The van der Waals surface area contributed by atoms with E-state index in [0.29, 0.717) is 22.7 Å². The minimum absolute atomic E-state index is 0.0699. The van der Waals surface area contributed by atoms with Gasteiger partial charge in [0, 0.05) is 5.56 Å². The number of aliphatic carboxylic acids is 1. The summed E-state index contributed by atoms with van der Waals surface area (Å²) in [5, 5.41) is 9.01. The van der Waals surface area contributed by atoms with Crippen molar-refractivity contribution in [2.75, 3.05) is 7.11 Å². The summed E-state index contributed by atoms with van der Waals surface area (Å²) in [6.45, 7) is 0. The zero-order valence-corrected chi connectivity index (χ0v) is 11.5. The maximum atomic E-state index is 11.0. The maximum absolute atomic E-state index is 11.0. The number of fused-ring (bicyclic) bond motifs is 1. The first kappa shape index (κ1) is 13.2. The number of nitrogens with one attached hydrogen (secondary N) is 1. The van der Waals surface area contributed by atoms with Crippen LogP contribution in [0.15, 0.2) is 42.5 Å². The lowest BCUT2D eigenvalue weighted by Crippen LogP contribution is -2.01. The van der Waals surface area contributed by atoms with Crippen LogP contribution in [0.5, 0.6) is 5.75 Å². The molecule has 5 nitrogen and oxygen atoms in total. The highest BCUT2D eigenvalue weighted by Crippen LogP contribution is 2.30. The Morgan fingerprint density at radius 3 is 2.67 bits per heavy atom. The van der Waals surface area contributed by atoms with E-state index in [1.54, 1.807) is 19.2 Å². The number of H-pyrrole nitrogens is 1. The molecular weight excluding hydrogens is 268 g/mol. The molecule has 0 aliphatic rings. The fraction of sp³-hybridized carbons (Fsp3) is 0.125. The number of carboxylic acid groups (broad SMARTS) is 1. The SMILES string of the molecule is COc1ccc(CC(=O)O)c2nc(-c3ccccc3)[nH]c12. The minimum atomic E-state index is -0.884. The lowest BCUT2D eigenvalue weighted by atomic mass is 10.1. The van der Waals surface area contributed by atoms with Gasteiger partial charge >= 0.3 is 5.97 Å². The molecule has 0 fully saturated rings. The second-order valence-corrected chi connectivity index (χ2v) is 4.67. The Balaban J connectivity index is 2.20. The van der Waals surface area contributed by atoms with Crippen molar-refractivity contribution in [3.63, 3.8) is 0 Å². The third-order valence-corrected chi connectivity index (χ3v) is 3.30. The third kappa shape index (κ3) is 2.45. The predicted molar refractivity (Wildman–Crippen MR) is 79.4 cm³/mol. The molecule has 1 heterocycles. The van der Waals surface area contributed by atoms with Crippen molar-refractivity contribution in [1.82, 2.24) is 9.97 Å². The summed E-state index contributed by atoms with van der Waals surface area (Å²) in [5.74, 6) is 0.460. The minimum Gasteiger partial charge on any atom is -0.494 e. The first-order valence-corrected chi connectivity index (χ1v) is 6.52. The molecule has 0 spiro atoms. The Hall–Kier alpha value is -2.82. The van der Waals surface area contributed by atoms with Crippen molar-refractivity contribution in [1.29, 1.82) is 0 Å². The molecule has 2 N–H and O–H groups in total. The van der Waals surface area contributed by atoms with Crippen LogP contribution in [0.25, 0.3) is 22.4 Å². The van der Waals surface area contributed by atoms with Gasteiger partial charge in [0.15, 0.2) is 0 Å². The third-order valence-electron chi connectivity index (χ3n) is 3.30. The molecule has 0 aliphatic carbocycles. The molecule has 1 aromatic heterocycles. The number of carboxylic acids is 1. The average Bonchev–Trinajstić information content (AvgIpc) is 2.94. The largest absolute Gasteiger partial charge is 0.494 e. The Labute approximate surface area is 121 Å². The summed E-state index contributed by atoms with van der Waals surface area (Å²) in [4.78, 5) is 18.7. The molecule has 3 rings (SSSR count). The Morgan fingerprint density at radius 2 is 2.00 bits per heavy atom.